The van der Waals surface area contributed by atoms with E-state index in [1.165, 1.54) is 24.3 Å². The van der Waals surface area contributed by atoms with Crippen LogP contribution in [-0.2, 0) is 14.8 Å². The van der Waals surface area contributed by atoms with Crippen molar-refractivity contribution in [3.8, 4) is 11.5 Å². The maximum Gasteiger partial charge on any atom is 0.243 e. The highest BCUT2D eigenvalue weighted by molar-refractivity contribution is 7.89. The summed E-state index contributed by atoms with van der Waals surface area (Å²) in [6.45, 7) is 0.640. The van der Waals surface area contributed by atoms with Gasteiger partial charge in [0.05, 0.1) is 18.1 Å². The highest BCUT2D eigenvalue weighted by Crippen LogP contribution is 2.27. The molecular formula is C24H30N2O5S. The third-order valence-electron chi connectivity index (χ3n) is 6.25. The number of carbonyl (C=O) groups excluding carboxylic acids is 1. The number of hydrogen-bond donors (Lipinski definition) is 1. The molecule has 2 fully saturated rings. The number of nitrogens with zero attached hydrogens (tertiary/aromatic N) is 1. The first-order chi connectivity index (χ1) is 15.5. The third-order valence-corrected chi connectivity index (χ3v) is 8.16. The average Bonchev–Trinajstić information content (AvgIpc) is 3.33. The molecule has 0 spiro atoms. The topological polar surface area (TPSA) is 84.9 Å². The van der Waals surface area contributed by atoms with E-state index in [0.717, 1.165) is 24.3 Å². The molecular weight excluding hydrogens is 428 g/mol. The van der Waals surface area contributed by atoms with Gasteiger partial charge in [0.2, 0.25) is 15.9 Å². The number of benzene rings is 2. The number of piperidine rings is 1. The smallest absolute Gasteiger partial charge is 0.243 e. The molecule has 1 amide bonds. The minimum Gasteiger partial charge on any atom is -0.497 e. The van der Waals surface area contributed by atoms with Gasteiger partial charge in [0.1, 0.15) is 11.5 Å². The summed E-state index contributed by atoms with van der Waals surface area (Å²) in [7, 11) is -2.04. The Kier molecular flexibility index (Phi) is 7.01. The van der Waals surface area contributed by atoms with Crippen LogP contribution in [0.25, 0.3) is 0 Å². The zero-order chi connectivity index (χ0) is 22.6. The fourth-order valence-corrected chi connectivity index (χ4v) is 5.78. The number of carbonyl (C=O) groups is 1. The van der Waals surface area contributed by atoms with Crippen LogP contribution in [0.3, 0.4) is 0 Å². The van der Waals surface area contributed by atoms with Crippen LogP contribution in [0.5, 0.6) is 11.5 Å². The second-order valence-electron chi connectivity index (χ2n) is 8.39. The van der Waals surface area contributed by atoms with Crippen molar-refractivity contribution in [2.24, 2.45) is 5.92 Å². The van der Waals surface area contributed by atoms with E-state index in [2.05, 4.69) is 5.32 Å². The molecule has 0 unspecified atom stereocenters. The molecule has 1 N–H and O–H groups in total. The van der Waals surface area contributed by atoms with Gasteiger partial charge in [-0.1, -0.05) is 0 Å². The van der Waals surface area contributed by atoms with E-state index in [0.29, 0.717) is 37.8 Å². The van der Waals surface area contributed by atoms with Gasteiger partial charge in [-0.2, -0.15) is 4.31 Å². The normalized spacial score (nSPS) is 18.4. The molecule has 0 aromatic heterocycles. The Balaban J connectivity index is 1.29. The summed E-state index contributed by atoms with van der Waals surface area (Å²) in [5.41, 5.74) is 0.724. The van der Waals surface area contributed by atoms with Crippen molar-refractivity contribution in [2.75, 3.05) is 25.5 Å². The zero-order valence-corrected chi connectivity index (χ0v) is 19.1. The minimum absolute atomic E-state index is 0.0732. The Morgan fingerprint density at radius 1 is 0.906 bits per heavy atom. The Hall–Kier alpha value is -2.58. The molecule has 1 heterocycles. The molecule has 8 heteroatoms. The molecule has 0 atom stereocenters. The van der Waals surface area contributed by atoms with Gasteiger partial charge in [-0.3, -0.25) is 4.79 Å². The van der Waals surface area contributed by atoms with Gasteiger partial charge < -0.3 is 14.8 Å². The van der Waals surface area contributed by atoms with Gasteiger partial charge >= 0.3 is 0 Å². The number of anilines is 1. The standard InChI is InChI=1S/C24H30N2O5S/c1-30-20-10-12-23(13-11-20)32(28,29)26-16-14-18(15-17-26)24(27)25-19-6-8-22(9-7-19)31-21-4-2-3-5-21/h6-13,18,21H,2-5,14-17H2,1H3,(H,25,27). The van der Waals surface area contributed by atoms with Crippen molar-refractivity contribution < 1.29 is 22.7 Å². The molecule has 2 aromatic carbocycles. The van der Waals surface area contributed by atoms with Crippen molar-refractivity contribution in [1.29, 1.82) is 0 Å². The van der Waals surface area contributed by atoms with Crippen molar-refractivity contribution in [3.05, 3.63) is 48.5 Å². The van der Waals surface area contributed by atoms with Crippen LogP contribution < -0.4 is 14.8 Å². The van der Waals surface area contributed by atoms with Crippen LogP contribution in [-0.4, -0.2) is 44.9 Å². The van der Waals surface area contributed by atoms with Gasteiger partial charge in [-0.25, -0.2) is 8.42 Å². The van der Waals surface area contributed by atoms with E-state index in [1.54, 1.807) is 24.3 Å². The fraction of sp³-hybridized carbons (Fsp3) is 0.458. The lowest BCUT2D eigenvalue weighted by molar-refractivity contribution is -0.120. The Bertz CT molecular complexity index is 1010. The van der Waals surface area contributed by atoms with Crippen molar-refractivity contribution >= 4 is 21.6 Å². The van der Waals surface area contributed by atoms with Crippen molar-refractivity contribution in [2.45, 2.75) is 49.5 Å². The summed E-state index contributed by atoms with van der Waals surface area (Å²) in [6, 6.07) is 13.8. The van der Waals surface area contributed by atoms with Gasteiger partial charge in [-0.05, 0) is 87.1 Å². The molecule has 0 radical (unpaired) electrons. The predicted molar refractivity (Wildman–Crippen MR) is 122 cm³/mol. The first kappa shape index (κ1) is 22.6. The number of amides is 1. The summed E-state index contributed by atoms with van der Waals surface area (Å²) >= 11 is 0. The molecule has 32 heavy (non-hydrogen) atoms. The van der Waals surface area contributed by atoms with Crippen molar-refractivity contribution in [3.63, 3.8) is 0 Å². The molecule has 7 nitrogen and oxygen atoms in total. The molecule has 2 aromatic rings. The van der Waals surface area contributed by atoms with Gasteiger partial charge in [-0.15, -0.1) is 0 Å². The van der Waals surface area contributed by atoms with Crippen LogP contribution in [0.15, 0.2) is 53.4 Å². The van der Waals surface area contributed by atoms with E-state index >= 15 is 0 Å². The summed E-state index contributed by atoms with van der Waals surface area (Å²) in [6.07, 6.45) is 5.93. The highest BCUT2D eigenvalue weighted by Gasteiger charge is 2.32. The first-order valence-electron chi connectivity index (χ1n) is 11.2. The summed E-state index contributed by atoms with van der Waals surface area (Å²) in [4.78, 5) is 12.9. The maximum atomic E-state index is 12.9. The molecule has 1 aliphatic heterocycles. The molecule has 1 saturated carbocycles. The van der Waals surface area contributed by atoms with Crippen LogP contribution in [0.2, 0.25) is 0 Å². The summed E-state index contributed by atoms with van der Waals surface area (Å²) in [5.74, 6) is 1.15. The van der Waals surface area contributed by atoms with E-state index in [9.17, 15) is 13.2 Å². The molecule has 2 aliphatic rings. The summed E-state index contributed by atoms with van der Waals surface area (Å²) in [5, 5.41) is 2.95. The number of rotatable bonds is 7. The number of sulfonamides is 1. The van der Waals surface area contributed by atoms with Crippen LogP contribution in [0.1, 0.15) is 38.5 Å². The number of methoxy groups -OCH3 is 1. The van der Waals surface area contributed by atoms with E-state index in [-0.39, 0.29) is 16.7 Å². The van der Waals surface area contributed by atoms with Crippen LogP contribution in [0, 0.1) is 5.92 Å². The Labute approximate surface area is 189 Å². The highest BCUT2D eigenvalue weighted by atomic mass is 32.2. The monoisotopic (exact) mass is 458 g/mol. The molecule has 1 saturated heterocycles. The van der Waals surface area contributed by atoms with Crippen LogP contribution in [0.4, 0.5) is 5.69 Å². The molecule has 172 valence electrons. The van der Waals surface area contributed by atoms with E-state index < -0.39 is 10.0 Å². The number of ether oxygens (including phenoxy) is 2. The second kappa shape index (κ2) is 9.92. The largest absolute Gasteiger partial charge is 0.497 e. The lowest BCUT2D eigenvalue weighted by Gasteiger charge is -2.30. The van der Waals surface area contributed by atoms with Crippen molar-refractivity contribution in [1.82, 2.24) is 4.31 Å². The van der Waals surface area contributed by atoms with Crippen LogP contribution >= 0.6 is 0 Å². The summed E-state index contributed by atoms with van der Waals surface area (Å²) < 4.78 is 38.3. The third kappa shape index (κ3) is 5.24. The SMILES string of the molecule is COc1ccc(S(=O)(=O)N2CCC(C(=O)Nc3ccc(OC4CCCC4)cc3)CC2)cc1. The van der Waals surface area contributed by atoms with Gasteiger partial charge in [0.15, 0.2) is 0 Å². The molecule has 1 aliphatic carbocycles. The zero-order valence-electron chi connectivity index (χ0n) is 18.3. The van der Waals surface area contributed by atoms with Gasteiger partial charge in [0.25, 0.3) is 0 Å². The lowest BCUT2D eigenvalue weighted by Crippen LogP contribution is -2.41. The molecule has 4 rings (SSSR count). The minimum atomic E-state index is -3.58. The van der Waals surface area contributed by atoms with E-state index in [1.807, 2.05) is 24.3 Å². The quantitative estimate of drug-likeness (QED) is 0.676. The van der Waals surface area contributed by atoms with E-state index in [4.69, 9.17) is 9.47 Å². The Morgan fingerprint density at radius 3 is 2.09 bits per heavy atom. The average molecular weight is 459 g/mol. The first-order valence-corrected chi connectivity index (χ1v) is 12.6. The fourth-order valence-electron chi connectivity index (χ4n) is 4.31. The maximum absolute atomic E-state index is 12.9. The molecule has 0 bridgehead atoms. The number of hydrogen-bond acceptors (Lipinski definition) is 5. The Morgan fingerprint density at radius 2 is 1.50 bits per heavy atom. The van der Waals surface area contributed by atoms with Gasteiger partial charge in [0, 0.05) is 24.7 Å². The lowest BCUT2D eigenvalue weighted by atomic mass is 9.97. The predicted octanol–water partition coefficient (Wildman–Crippen LogP) is 4.06. The second-order valence-corrected chi connectivity index (χ2v) is 10.3. The number of nitrogens with one attached hydrogen (secondary N) is 1.